The first-order valence-electron chi connectivity index (χ1n) is 6.15. The van der Waals surface area contributed by atoms with E-state index in [-0.39, 0.29) is 5.95 Å². The van der Waals surface area contributed by atoms with Crippen LogP contribution in [0.25, 0.3) is 5.95 Å². The third-order valence-electron chi connectivity index (χ3n) is 2.89. The number of hydrogen-bond acceptors (Lipinski definition) is 6. The number of anilines is 3. The van der Waals surface area contributed by atoms with E-state index in [4.69, 9.17) is 5.73 Å². The predicted molar refractivity (Wildman–Crippen MR) is 83.5 cm³/mol. The molecule has 7 nitrogen and oxygen atoms in total. The van der Waals surface area contributed by atoms with Crippen LogP contribution in [-0.4, -0.2) is 24.5 Å². The van der Waals surface area contributed by atoms with Crippen molar-refractivity contribution in [3.8, 4) is 5.95 Å². The Labute approximate surface area is 129 Å². The van der Waals surface area contributed by atoms with Gasteiger partial charge in [-0.25, -0.2) is 4.98 Å². The van der Waals surface area contributed by atoms with E-state index < -0.39 is 0 Å². The summed E-state index contributed by atoms with van der Waals surface area (Å²) in [5, 5.41) is 3.15. The van der Waals surface area contributed by atoms with Gasteiger partial charge in [0.05, 0.1) is 0 Å². The molecule has 0 saturated carbocycles. The van der Waals surface area contributed by atoms with Crippen molar-refractivity contribution in [2.24, 2.45) is 0 Å². The average molecular weight is 346 g/mol. The number of aromatic nitrogens is 5. The lowest BCUT2D eigenvalue weighted by Crippen LogP contribution is -2.08. The van der Waals surface area contributed by atoms with E-state index in [1.54, 1.807) is 23.3 Å². The maximum absolute atomic E-state index is 5.74. The minimum atomic E-state index is 0.142. The van der Waals surface area contributed by atoms with Crippen molar-refractivity contribution >= 4 is 33.5 Å². The highest BCUT2D eigenvalue weighted by atomic mass is 79.9. The molecule has 1 aromatic carbocycles. The van der Waals surface area contributed by atoms with Gasteiger partial charge in [-0.3, -0.25) is 4.57 Å². The highest BCUT2D eigenvalue weighted by Crippen LogP contribution is 2.25. The molecule has 0 radical (unpaired) electrons. The Kier molecular flexibility index (Phi) is 3.53. The monoisotopic (exact) mass is 345 g/mol. The zero-order valence-electron chi connectivity index (χ0n) is 11.2. The molecule has 3 rings (SSSR count). The minimum Gasteiger partial charge on any atom is -0.368 e. The fourth-order valence-electron chi connectivity index (χ4n) is 1.79. The number of nitrogens with one attached hydrogen (secondary N) is 1. The molecule has 0 spiro atoms. The Morgan fingerprint density at radius 1 is 1.24 bits per heavy atom. The van der Waals surface area contributed by atoms with E-state index in [0.717, 1.165) is 15.7 Å². The first-order chi connectivity index (χ1) is 10.1. The highest BCUT2D eigenvalue weighted by Gasteiger charge is 2.08. The SMILES string of the molecule is Cc1c(Br)cccc1Nc1nc(N)nc(-n2ccnc2)n1. The van der Waals surface area contributed by atoms with E-state index in [0.29, 0.717) is 11.9 Å². The van der Waals surface area contributed by atoms with E-state index in [1.165, 1.54) is 0 Å². The Morgan fingerprint density at radius 2 is 2.10 bits per heavy atom. The van der Waals surface area contributed by atoms with E-state index in [1.807, 2.05) is 25.1 Å². The second-order valence-electron chi connectivity index (χ2n) is 4.32. The number of nitrogens with two attached hydrogens (primary N) is 1. The van der Waals surface area contributed by atoms with Crippen molar-refractivity contribution in [2.75, 3.05) is 11.1 Å². The van der Waals surface area contributed by atoms with Crippen LogP contribution in [0.1, 0.15) is 5.56 Å². The van der Waals surface area contributed by atoms with Gasteiger partial charge in [0, 0.05) is 22.6 Å². The van der Waals surface area contributed by atoms with Crippen molar-refractivity contribution in [2.45, 2.75) is 6.92 Å². The number of hydrogen-bond donors (Lipinski definition) is 2. The smallest absolute Gasteiger partial charge is 0.241 e. The average Bonchev–Trinajstić information content (AvgIpc) is 2.97. The van der Waals surface area contributed by atoms with Crippen LogP contribution < -0.4 is 11.1 Å². The van der Waals surface area contributed by atoms with Gasteiger partial charge in [0.25, 0.3) is 0 Å². The lowest BCUT2D eigenvalue weighted by Gasteiger charge is -2.10. The topological polar surface area (TPSA) is 94.5 Å². The summed E-state index contributed by atoms with van der Waals surface area (Å²) in [6.45, 7) is 1.99. The highest BCUT2D eigenvalue weighted by molar-refractivity contribution is 9.10. The van der Waals surface area contributed by atoms with Gasteiger partial charge >= 0.3 is 0 Å². The molecule has 0 aliphatic rings. The molecule has 21 heavy (non-hydrogen) atoms. The van der Waals surface area contributed by atoms with Gasteiger partial charge in [0.2, 0.25) is 17.8 Å². The van der Waals surface area contributed by atoms with Crippen molar-refractivity contribution in [3.05, 3.63) is 47.0 Å². The van der Waals surface area contributed by atoms with Crippen LogP contribution in [-0.2, 0) is 0 Å². The van der Waals surface area contributed by atoms with Crippen LogP contribution in [0.2, 0.25) is 0 Å². The molecule has 0 unspecified atom stereocenters. The van der Waals surface area contributed by atoms with Gasteiger partial charge in [0.1, 0.15) is 6.33 Å². The molecule has 106 valence electrons. The van der Waals surface area contributed by atoms with Gasteiger partial charge in [0.15, 0.2) is 0 Å². The summed E-state index contributed by atoms with van der Waals surface area (Å²) in [6.07, 6.45) is 4.98. The molecule has 0 aliphatic heterocycles. The maximum atomic E-state index is 5.74. The Morgan fingerprint density at radius 3 is 2.86 bits per heavy atom. The molecular weight excluding hydrogens is 334 g/mol. The summed E-state index contributed by atoms with van der Waals surface area (Å²) in [7, 11) is 0. The van der Waals surface area contributed by atoms with E-state index >= 15 is 0 Å². The molecule has 2 heterocycles. The number of rotatable bonds is 3. The largest absolute Gasteiger partial charge is 0.368 e. The predicted octanol–water partition coefficient (Wildman–Crippen LogP) is 2.45. The molecule has 8 heteroatoms. The molecule has 2 aromatic heterocycles. The molecule has 0 amide bonds. The van der Waals surface area contributed by atoms with Crippen LogP contribution in [0.3, 0.4) is 0 Å². The maximum Gasteiger partial charge on any atom is 0.241 e. The van der Waals surface area contributed by atoms with Crippen molar-refractivity contribution in [1.29, 1.82) is 0 Å². The number of imidazole rings is 1. The minimum absolute atomic E-state index is 0.142. The van der Waals surface area contributed by atoms with Gasteiger partial charge in [-0.15, -0.1) is 0 Å². The number of halogens is 1. The summed E-state index contributed by atoms with van der Waals surface area (Å²) >= 11 is 3.49. The van der Waals surface area contributed by atoms with Crippen molar-refractivity contribution < 1.29 is 0 Å². The quantitative estimate of drug-likeness (QED) is 0.757. The molecule has 0 saturated heterocycles. The van der Waals surface area contributed by atoms with Gasteiger partial charge in [-0.05, 0) is 24.6 Å². The third-order valence-corrected chi connectivity index (χ3v) is 3.75. The number of nitrogen functional groups attached to an aromatic ring is 1. The van der Waals surface area contributed by atoms with Crippen LogP contribution in [0.4, 0.5) is 17.6 Å². The van der Waals surface area contributed by atoms with Gasteiger partial charge in [-0.2, -0.15) is 15.0 Å². The summed E-state index contributed by atoms with van der Waals surface area (Å²) < 4.78 is 2.67. The summed E-state index contributed by atoms with van der Waals surface area (Å²) in [4.78, 5) is 16.5. The second kappa shape index (κ2) is 5.49. The molecule has 0 bridgehead atoms. The lowest BCUT2D eigenvalue weighted by atomic mass is 10.2. The Hall–Kier alpha value is -2.48. The van der Waals surface area contributed by atoms with Crippen LogP contribution >= 0.6 is 15.9 Å². The fourth-order valence-corrected chi connectivity index (χ4v) is 2.16. The van der Waals surface area contributed by atoms with Crippen molar-refractivity contribution in [1.82, 2.24) is 24.5 Å². The van der Waals surface area contributed by atoms with Crippen molar-refractivity contribution in [3.63, 3.8) is 0 Å². The Bertz CT molecular complexity index is 770. The number of nitrogens with zero attached hydrogens (tertiary/aromatic N) is 5. The summed E-state index contributed by atoms with van der Waals surface area (Å²) in [6, 6.07) is 5.84. The summed E-state index contributed by atoms with van der Waals surface area (Å²) in [5.41, 5.74) is 7.69. The summed E-state index contributed by atoms with van der Waals surface area (Å²) in [5.74, 6) is 0.936. The van der Waals surface area contributed by atoms with Gasteiger partial charge in [-0.1, -0.05) is 22.0 Å². The first kappa shape index (κ1) is 13.5. The third kappa shape index (κ3) is 2.84. The molecule has 0 fully saturated rings. The van der Waals surface area contributed by atoms with Crippen LogP contribution in [0, 0.1) is 6.92 Å². The second-order valence-corrected chi connectivity index (χ2v) is 5.18. The first-order valence-corrected chi connectivity index (χ1v) is 6.95. The lowest BCUT2D eigenvalue weighted by molar-refractivity contribution is 0.906. The zero-order chi connectivity index (χ0) is 14.8. The van der Waals surface area contributed by atoms with Crippen LogP contribution in [0.15, 0.2) is 41.4 Å². The number of benzene rings is 1. The molecule has 3 aromatic rings. The molecule has 0 aliphatic carbocycles. The molecular formula is C13H12BrN7. The zero-order valence-corrected chi connectivity index (χ0v) is 12.7. The molecule has 0 atom stereocenters. The molecule has 3 N–H and O–H groups in total. The van der Waals surface area contributed by atoms with E-state index in [2.05, 4.69) is 41.2 Å². The normalized spacial score (nSPS) is 10.6. The fraction of sp³-hybridized carbons (Fsp3) is 0.0769. The Balaban J connectivity index is 1.98. The van der Waals surface area contributed by atoms with Crippen LogP contribution in [0.5, 0.6) is 0 Å². The van der Waals surface area contributed by atoms with Gasteiger partial charge < -0.3 is 11.1 Å². The standard InChI is InChI=1S/C13H12BrN7/c1-8-9(14)3-2-4-10(8)17-12-18-11(15)19-13(20-12)21-6-5-16-7-21/h2-7H,1H3,(H3,15,17,18,19,20). The van der Waals surface area contributed by atoms with E-state index in [9.17, 15) is 0 Å².